The van der Waals surface area contributed by atoms with Crippen LogP contribution in [0.15, 0.2) is 58.3 Å². The van der Waals surface area contributed by atoms with E-state index in [0.717, 1.165) is 11.1 Å². The minimum Gasteiger partial charge on any atom is -0.480 e. The molecule has 5 rings (SSSR count). The van der Waals surface area contributed by atoms with E-state index in [-0.39, 0.29) is 71.0 Å². The minimum absolute atomic E-state index is 0.0922. The molecule has 3 aromatic rings. The Morgan fingerprint density at radius 2 is 0.793 bits per heavy atom. The average Bonchev–Trinajstić information content (AvgIpc) is 3.81. The molecule has 12 heteroatoms. The Morgan fingerprint density at radius 1 is 0.500 bits per heavy atom. The highest BCUT2D eigenvalue weighted by atomic mass is 32.2. The second-order valence-corrected chi connectivity index (χ2v) is 21.8. The number of rotatable bonds is 14. The van der Waals surface area contributed by atoms with Crippen LogP contribution in [0.2, 0.25) is 0 Å². The molecule has 0 aliphatic carbocycles. The van der Waals surface area contributed by atoms with E-state index in [1.165, 1.54) is 8.61 Å². The molecule has 2 fully saturated rings. The molecule has 2 heterocycles. The van der Waals surface area contributed by atoms with E-state index in [9.17, 15) is 19.8 Å². The van der Waals surface area contributed by atoms with E-state index in [1.807, 2.05) is 79.7 Å². The first-order valence-corrected chi connectivity index (χ1v) is 23.8. The highest BCUT2D eigenvalue weighted by Crippen LogP contribution is 2.48. The maximum atomic E-state index is 15.2. The van der Waals surface area contributed by atoms with Gasteiger partial charge in [-0.15, -0.1) is 0 Å². The lowest BCUT2D eigenvalue weighted by Gasteiger charge is -2.33. The number of carboxylic acids is 2. The van der Waals surface area contributed by atoms with Gasteiger partial charge < -0.3 is 10.2 Å². The van der Waals surface area contributed by atoms with Crippen molar-refractivity contribution in [3.05, 3.63) is 93.0 Å². The number of hydrogen-bond donors (Lipinski definition) is 2. The third-order valence-corrected chi connectivity index (χ3v) is 16.2. The van der Waals surface area contributed by atoms with E-state index >= 15 is 16.8 Å². The van der Waals surface area contributed by atoms with E-state index in [0.29, 0.717) is 33.4 Å². The van der Waals surface area contributed by atoms with Crippen molar-refractivity contribution in [1.82, 2.24) is 8.61 Å². The number of hydrogen-bond acceptors (Lipinski definition) is 6. The molecule has 0 amide bonds. The smallest absolute Gasteiger partial charge is 0.322 e. The molecule has 2 aliphatic heterocycles. The lowest BCUT2D eigenvalue weighted by atomic mass is 9.89. The molecule has 0 saturated carbocycles. The number of carboxylic acid groups (broad SMARTS) is 2. The third-order valence-electron chi connectivity index (χ3n) is 12.1. The highest BCUT2D eigenvalue weighted by Gasteiger charge is 2.50. The summed E-state index contributed by atoms with van der Waals surface area (Å²) in [5.74, 6) is -2.84. The molecule has 10 nitrogen and oxygen atoms in total. The number of carbonyl (C=O) groups is 2. The standard InChI is InChI=1S/C46H64N2O8S2/c1-25(2)33-21-35(27(5)6)43(36(22-33)28(7)8)57(53,54)47-39(16-18-41(47)45(49)50)31-14-13-15-32(20-31)40-17-19-42(46(51)52)48(40)58(55,56)44-37(29(9)10)23-34(26(3)4)24-38(44)30(11)12/h13-15,20-30,39-42H,16-19H2,1-12H3,(H,49,50)(H,51,52). The highest BCUT2D eigenvalue weighted by molar-refractivity contribution is 7.89. The van der Waals surface area contributed by atoms with Gasteiger partial charge in [0.05, 0.1) is 21.9 Å². The fourth-order valence-electron chi connectivity index (χ4n) is 8.90. The largest absolute Gasteiger partial charge is 0.480 e. The van der Waals surface area contributed by atoms with Gasteiger partial charge in [0.2, 0.25) is 20.0 Å². The van der Waals surface area contributed by atoms with Crippen molar-refractivity contribution in [2.45, 2.75) is 178 Å². The first kappa shape index (κ1) is 45.5. The molecule has 58 heavy (non-hydrogen) atoms. The number of benzene rings is 3. The van der Waals surface area contributed by atoms with Crippen molar-refractivity contribution in [2.24, 2.45) is 0 Å². The van der Waals surface area contributed by atoms with Crippen LogP contribution < -0.4 is 0 Å². The van der Waals surface area contributed by atoms with E-state index < -0.39 is 56.2 Å². The number of nitrogens with zero attached hydrogens (tertiary/aromatic N) is 2. The zero-order chi connectivity index (χ0) is 43.3. The molecule has 2 saturated heterocycles. The molecule has 0 aromatic heterocycles. The maximum Gasteiger partial charge on any atom is 0.322 e. The summed E-state index contributed by atoms with van der Waals surface area (Å²) >= 11 is 0. The van der Waals surface area contributed by atoms with Crippen molar-refractivity contribution < 1.29 is 36.6 Å². The van der Waals surface area contributed by atoms with Crippen LogP contribution in [0.5, 0.6) is 0 Å². The Labute approximate surface area is 347 Å². The Morgan fingerprint density at radius 3 is 1.03 bits per heavy atom. The molecule has 0 spiro atoms. The van der Waals surface area contributed by atoms with Crippen LogP contribution >= 0.6 is 0 Å². The summed E-state index contributed by atoms with van der Waals surface area (Å²) in [4.78, 5) is 26.1. The van der Waals surface area contributed by atoms with Crippen LogP contribution in [0.1, 0.15) is 201 Å². The van der Waals surface area contributed by atoms with Gasteiger partial charge in [0.15, 0.2) is 0 Å². The van der Waals surface area contributed by atoms with Crippen molar-refractivity contribution in [1.29, 1.82) is 0 Å². The Kier molecular flexibility index (Phi) is 13.5. The average molecular weight is 837 g/mol. The van der Waals surface area contributed by atoms with Crippen LogP contribution in [-0.2, 0) is 29.6 Å². The molecular weight excluding hydrogens is 773 g/mol. The van der Waals surface area contributed by atoms with Gasteiger partial charge in [-0.05, 0) is 106 Å². The summed E-state index contributed by atoms with van der Waals surface area (Å²) in [6.45, 7) is 23.8. The van der Waals surface area contributed by atoms with Gasteiger partial charge in [-0.2, -0.15) is 8.61 Å². The fourth-order valence-corrected chi connectivity index (χ4v) is 13.9. The second-order valence-electron chi connectivity index (χ2n) is 18.2. The van der Waals surface area contributed by atoms with Crippen molar-refractivity contribution in [2.75, 3.05) is 0 Å². The molecule has 2 aliphatic rings. The molecule has 318 valence electrons. The van der Waals surface area contributed by atoms with Crippen LogP contribution in [-0.4, -0.2) is 59.7 Å². The molecule has 0 bridgehead atoms. The number of sulfonamides is 2. The van der Waals surface area contributed by atoms with E-state index in [2.05, 4.69) is 27.7 Å². The van der Waals surface area contributed by atoms with Crippen LogP contribution in [0.4, 0.5) is 0 Å². The maximum absolute atomic E-state index is 15.2. The Hall–Kier alpha value is -3.58. The zero-order valence-electron chi connectivity index (χ0n) is 36.3. The molecular formula is C46H64N2O8S2. The topological polar surface area (TPSA) is 149 Å². The van der Waals surface area contributed by atoms with E-state index in [1.54, 1.807) is 24.3 Å². The fraction of sp³-hybridized carbons (Fsp3) is 0.565. The summed E-state index contributed by atoms with van der Waals surface area (Å²) in [5, 5.41) is 21.0. The quantitative estimate of drug-likeness (QED) is 0.163. The van der Waals surface area contributed by atoms with Gasteiger partial charge in [0.1, 0.15) is 12.1 Å². The summed E-state index contributed by atoms with van der Waals surface area (Å²) in [7, 11) is -8.83. The summed E-state index contributed by atoms with van der Waals surface area (Å²) in [5.41, 5.74) is 5.67. The van der Waals surface area contributed by atoms with Gasteiger partial charge in [-0.3, -0.25) is 9.59 Å². The minimum atomic E-state index is -4.41. The van der Waals surface area contributed by atoms with Gasteiger partial charge >= 0.3 is 11.9 Å². The first-order valence-electron chi connectivity index (χ1n) is 20.9. The van der Waals surface area contributed by atoms with E-state index in [4.69, 9.17) is 0 Å². The lowest BCUT2D eigenvalue weighted by Crippen LogP contribution is -2.43. The Bertz CT molecular complexity index is 2050. The summed E-state index contributed by atoms with van der Waals surface area (Å²) in [6, 6.07) is 10.4. The van der Waals surface area contributed by atoms with Crippen LogP contribution in [0, 0.1) is 0 Å². The van der Waals surface area contributed by atoms with Crippen molar-refractivity contribution >= 4 is 32.0 Å². The summed E-state index contributed by atoms with van der Waals surface area (Å²) in [6.07, 6.45) is 0.656. The predicted octanol–water partition coefficient (Wildman–Crippen LogP) is 10.4. The van der Waals surface area contributed by atoms with Gasteiger partial charge in [-0.25, -0.2) is 16.8 Å². The van der Waals surface area contributed by atoms with Gasteiger partial charge in [0, 0.05) is 0 Å². The van der Waals surface area contributed by atoms with Gasteiger partial charge in [0.25, 0.3) is 0 Å². The molecule has 3 aromatic carbocycles. The normalized spacial score (nSPS) is 21.1. The van der Waals surface area contributed by atoms with Crippen LogP contribution in [0.3, 0.4) is 0 Å². The SMILES string of the molecule is CC(C)c1cc(C(C)C)c(S(=O)(=O)N2C(C(=O)O)CCC2c2cccc(C3CCC(C(=O)O)N3S(=O)(=O)c3c(C(C)C)cc(C(C)C)cc3C(C)C)c2)c(C(C)C)c1. The third kappa shape index (κ3) is 8.40. The summed E-state index contributed by atoms with van der Waals surface area (Å²) < 4.78 is 63.2. The molecule has 0 radical (unpaired) electrons. The zero-order valence-corrected chi connectivity index (χ0v) is 37.9. The molecule has 4 atom stereocenters. The van der Waals surface area contributed by atoms with Crippen LogP contribution in [0.25, 0.3) is 0 Å². The van der Waals surface area contributed by atoms with Crippen molar-refractivity contribution in [3.8, 4) is 0 Å². The first-order chi connectivity index (χ1) is 26.9. The number of aliphatic carboxylic acids is 2. The van der Waals surface area contributed by atoms with Crippen molar-refractivity contribution in [3.63, 3.8) is 0 Å². The monoisotopic (exact) mass is 836 g/mol. The predicted molar refractivity (Wildman–Crippen MR) is 229 cm³/mol. The molecule has 2 N–H and O–H groups in total. The van der Waals surface area contributed by atoms with Gasteiger partial charge in [-0.1, -0.05) is 132 Å². The lowest BCUT2D eigenvalue weighted by molar-refractivity contribution is -0.141. The molecule has 4 unspecified atom stereocenters. The Balaban J connectivity index is 1.69. The second kappa shape index (κ2) is 17.2.